The first-order chi connectivity index (χ1) is 8.49. The third kappa shape index (κ3) is 4.58. The predicted octanol–water partition coefficient (Wildman–Crippen LogP) is 1.97. The molecule has 18 heavy (non-hydrogen) atoms. The molecule has 0 aliphatic heterocycles. The molecule has 0 radical (unpaired) electrons. The van der Waals surface area contributed by atoms with E-state index in [1.165, 1.54) is 12.8 Å². The van der Waals surface area contributed by atoms with Gasteiger partial charge >= 0.3 is 0 Å². The van der Waals surface area contributed by atoms with Crippen LogP contribution in [0.3, 0.4) is 0 Å². The SMILES string of the molecule is CC(C)NC(=O)C(C)OC1(CN)CCCCCC1. The number of nitrogens with two attached hydrogens (primary N) is 1. The molecule has 1 fully saturated rings. The summed E-state index contributed by atoms with van der Waals surface area (Å²) in [5.74, 6) is -0.0397. The number of rotatable bonds is 5. The molecular weight excluding hydrogens is 228 g/mol. The Morgan fingerprint density at radius 2 is 1.78 bits per heavy atom. The summed E-state index contributed by atoms with van der Waals surface area (Å²) in [6, 6.07) is 0.145. The van der Waals surface area contributed by atoms with Gasteiger partial charge in [-0.3, -0.25) is 4.79 Å². The van der Waals surface area contributed by atoms with E-state index in [1.54, 1.807) is 0 Å². The fourth-order valence-corrected chi connectivity index (χ4v) is 2.57. The zero-order valence-electron chi connectivity index (χ0n) is 12.0. The highest BCUT2D eigenvalue weighted by molar-refractivity contribution is 5.80. The topological polar surface area (TPSA) is 64.3 Å². The van der Waals surface area contributed by atoms with Crippen molar-refractivity contribution in [3.05, 3.63) is 0 Å². The van der Waals surface area contributed by atoms with Crippen molar-refractivity contribution in [3.8, 4) is 0 Å². The Morgan fingerprint density at radius 1 is 1.22 bits per heavy atom. The van der Waals surface area contributed by atoms with E-state index < -0.39 is 6.10 Å². The summed E-state index contributed by atoms with van der Waals surface area (Å²) in [6.07, 6.45) is 6.32. The average Bonchev–Trinajstić information content (AvgIpc) is 2.54. The number of ether oxygens (including phenoxy) is 1. The van der Waals surface area contributed by atoms with E-state index in [9.17, 15) is 4.79 Å². The van der Waals surface area contributed by atoms with Gasteiger partial charge < -0.3 is 15.8 Å². The van der Waals surface area contributed by atoms with Gasteiger partial charge in [0, 0.05) is 12.6 Å². The molecule has 0 bridgehead atoms. The summed E-state index contributed by atoms with van der Waals surface area (Å²) in [7, 11) is 0. The van der Waals surface area contributed by atoms with Crippen molar-refractivity contribution in [3.63, 3.8) is 0 Å². The quantitative estimate of drug-likeness (QED) is 0.739. The van der Waals surface area contributed by atoms with Gasteiger partial charge in [0.05, 0.1) is 5.60 Å². The van der Waals surface area contributed by atoms with Crippen molar-refractivity contribution in [1.82, 2.24) is 5.32 Å². The maximum atomic E-state index is 11.9. The average molecular weight is 256 g/mol. The Morgan fingerprint density at radius 3 is 2.22 bits per heavy atom. The lowest BCUT2D eigenvalue weighted by molar-refractivity contribution is -0.147. The Kier molecular flexibility index (Phi) is 6.09. The smallest absolute Gasteiger partial charge is 0.249 e. The number of carbonyl (C=O) groups is 1. The lowest BCUT2D eigenvalue weighted by Crippen LogP contribution is -2.48. The summed E-state index contributed by atoms with van der Waals surface area (Å²) in [4.78, 5) is 11.9. The molecule has 4 heteroatoms. The van der Waals surface area contributed by atoms with Gasteiger partial charge in [-0.1, -0.05) is 25.7 Å². The lowest BCUT2D eigenvalue weighted by atomic mass is 9.94. The van der Waals surface area contributed by atoms with E-state index in [-0.39, 0.29) is 17.6 Å². The van der Waals surface area contributed by atoms with Gasteiger partial charge in [-0.2, -0.15) is 0 Å². The minimum absolute atomic E-state index is 0.0397. The fraction of sp³-hybridized carbons (Fsp3) is 0.929. The van der Waals surface area contributed by atoms with Gasteiger partial charge in [-0.15, -0.1) is 0 Å². The molecule has 1 aliphatic carbocycles. The van der Waals surface area contributed by atoms with Crippen LogP contribution in [0.2, 0.25) is 0 Å². The zero-order valence-corrected chi connectivity index (χ0v) is 12.0. The Labute approximate surface area is 111 Å². The summed E-state index contributed by atoms with van der Waals surface area (Å²) in [6.45, 7) is 6.23. The van der Waals surface area contributed by atoms with E-state index in [4.69, 9.17) is 10.5 Å². The van der Waals surface area contributed by atoms with Gasteiger partial charge in [0.1, 0.15) is 6.10 Å². The third-order valence-corrected chi connectivity index (χ3v) is 3.61. The standard InChI is InChI=1S/C14H28N2O2/c1-11(2)16-13(17)12(3)18-14(10-15)8-6-4-5-7-9-14/h11-12H,4-10,15H2,1-3H3,(H,16,17). The van der Waals surface area contributed by atoms with Crippen molar-refractivity contribution < 1.29 is 9.53 Å². The van der Waals surface area contributed by atoms with Crippen molar-refractivity contribution in [2.75, 3.05) is 6.54 Å². The van der Waals surface area contributed by atoms with Crippen LogP contribution in [0.4, 0.5) is 0 Å². The van der Waals surface area contributed by atoms with Crippen LogP contribution in [0.1, 0.15) is 59.3 Å². The van der Waals surface area contributed by atoms with Crippen LogP contribution in [0.5, 0.6) is 0 Å². The first-order valence-corrected chi connectivity index (χ1v) is 7.17. The van der Waals surface area contributed by atoms with Crippen LogP contribution in [-0.4, -0.2) is 30.2 Å². The molecule has 1 unspecified atom stereocenters. The van der Waals surface area contributed by atoms with Crippen LogP contribution in [0.15, 0.2) is 0 Å². The third-order valence-electron chi connectivity index (χ3n) is 3.61. The highest BCUT2D eigenvalue weighted by Gasteiger charge is 2.34. The molecule has 0 aromatic rings. The van der Waals surface area contributed by atoms with Gasteiger partial charge in [0.25, 0.3) is 0 Å². The minimum Gasteiger partial charge on any atom is -0.361 e. The molecule has 0 heterocycles. The van der Waals surface area contributed by atoms with Crippen LogP contribution in [0.25, 0.3) is 0 Å². The summed E-state index contributed by atoms with van der Waals surface area (Å²) in [5, 5.41) is 2.88. The number of carbonyl (C=O) groups excluding carboxylic acids is 1. The molecule has 1 atom stereocenters. The van der Waals surface area contributed by atoms with Crippen molar-refractivity contribution in [2.24, 2.45) is 5.73 Å². The molecule has 1 aliphatic rings. The molecule has 1 rings (SSSR count). The van der Waals surface area contributed by atoms with Crippen LogP contribution >= 0.6 is 0 Å². The summed E-state index contributed by atoms with van der Waals surface area (Å²) < 4.78 is 6.03. The van der Waals surface area contributed by atoms with Crippen LogP contribution in [-0.2, 0) is 9.53 Å². The molecule has 4 nitrogen and oxygen atoms in total. The Hall–Kier alpha value is -0.610. The first kappa shape index (κ1) is 15.4. The highest BCUT2D eigenvalue weighted by atomic mass is 16.5. The number of hydrogen-bond acceptors (Lipinski definition) is 3. The minimum atomic E-state index is -0.422. The van der Waals surface area contributed by atoms with E-state index in [2.05, 4.69) is 5.32 Å². The first-order valence-electron chi connectivity index (χ1n) is 7.17. The molecule has 1 amide bonds. The van der Waals surface area contributed by atoms with E-state index in [0.29, 0.717) is 6.54 Å². The molecule has 3 N–H and O–H groups in total. The Balaban J connectivity index is 2.57. The number of hydrogen-bond donors (Lipinski definition) is 2. The number of nitrogens with one attached hydrogen (secondary N) is 1. The maximum Gasteiger partial charge on any atom is 0.249 e. The van der Waals surface area contributed by atoms with Crippen molar-refractivity contribution >= 4 is 5.91 Å². The summed E-state index contributed by atoms with van der Waals surface area (Å²) in [5.41, 5.74) is 5.61. The molecule has 1 saturated carbocycles. The van der Waals surface area contributed by atoms with E-state index in [0.717, 1.165) is 25.7 Å². The Bertz CT molecular complexity index is 259. The van der Waals surface area contributed by atoms with Crippen LogP contribution < -0.4 is 11.1 Å². The van der Waals surface area contributed by atoms with Gasteiger partial charge in [0.15, 0.2) is 0 Å². The lowest BCUT2D eigenvalue weighted by Gasteiger charge is -2.34. The van der Waals surface area contributed by atoms with E-state index >= 15 is 0 Å². The molecule has 0 spiro atoms. The molecule has 0 aromatic carbocycles. The monoisotopic (exact) mass is 256 g/mol. The highest BCUT2D eigenvalue weighted by Crippen LogP contribution is 2.30. The number of amides is 1. The predicted molar refractivity (Wildman–Crippen MR) is 73.3 cm³/mol. The fourth-order valence-electron chi connectivity index (χ4n) is 2.57. The van der Waals surface area contributed by atoms with Gasteiger partial charge in [-0.05, 0) is 33.6 Å². The largest absolute Gasteiger partial charge is 0.361 e. The second-order valence-electron chi connectivity index (χ2n) is 5.72. The van der Waals surface area contributed by atoms with Gasteiger partial charge in [-0.25, -0.2) is 0 Å². The zero-order chi connectivity index (χ0) is 13.6. The molecule has 0 saturated heterocycles. The van der Waals surface area contributed by atoms with Crippen molar-refractivity contribution in [2.45, 2.75) is 77.0 Å². The van der Waals surface area contributed by atoms with Crippen LogP contribution in [0, 0.1) is 0 Å². The molecular formula is C14H28N2O2. The van der Waals surface area contributed by atoms with Crippen molar-refractivity contribution in [1.29, 1.82) is 0 Å². The van der Waals surface area contributed by atoms with E-state index in [1.807, 2.05) is 20.8 Å². The molecule has 106 valence electrons. The normalized spacial score (nSPS) is 21.4. The maximum absolute atomic E-state index is 11.9. The van der Waals surface area contributed by atoms with Gasteiger partial charge in [0.2, 0.25) is 5.91 Å². The molecule has 0 aromatic heterocycles. The second-order valence-corrected chi connectivity index (χ2v) is 5.72. The summed E-state index contributed by atoms with van der Waals surface area (Å²) >= 11 is 0. The second kappa shape index (κ2) is 7.10.